The summed E-state index contributed by atoms with van der Waals surface area (Å²) in [7, 11) is 0. The fourth-order valence-corrected chi connectivity index (χ4v) is 9.32. The van der Waals surface area contributed by atoms with Crippen molar-refractivity contribution in [2.45, 2.75) is 12.8 Å². The summed E-state index contributed by atoms with van der Waals surface area (Å²) in [5.74, 6) is 1.93. The molecule has 1 aliphatic rings. The van der Waals surface area contributed by atoms with Gasteiger partial charge in [0, 0.05) is 49.6 Å². The maximum atomic E-state index is 5.03. The van der Waals surface area contributed by atoms with E-state index >= 15 is 0 Å². The van der Waals surface area contributed by atoms with E-state index in [9.17, 15) is 0 Å². The zero-order valence-electron chi connectivity index (χ0n) is 33.9. The Morgan fingerprint density at radius 1 is 0.355 bits per heavy atom. The van der Waals surface area contributed by atoms with Crippen molar-refractivity contribution in [1.82, 2.24) is 24.1 Å². The molecule has 0 amide bonds. The molecule has 3 heterocycles. The topological polar surface area (TPSA) is 48.5 Å². The van der Waals surface area contributed by atoms with Gasteiger partial charge in [0.2, 0.25) is 0 Å². The summed E-state index contributed by atoms with van der Waals surface area (Å²) in [4.78, 5) is 15.0. The third kappa shape index (κ3) is 6.05. The first-order valence-corrected chi connectivity index (χ1v) is 21.3. The van der Waals surface area contributed by atoms with Crippen molar-refractivity contribution in [2.24, 2.45) is 0 Å². The average Bonchev–Trinajstić information content (AvgIpc) is 3.87. The minimum atomic E-state index is 0.636. The van der Waals surface area contributed by atoms with Crippen molar-refractivity contribution in [2.75, 3.05) is 0 Å². The third-order valence-electron chi connectivity index (χ3n) is 12.2. The smallest absolute Gasteiger partial charge is 0.164 e. The van der Waals surface area contributed by atoms with E-state index < -0.39 is 0 Å². The molecule has 0 fully saturated rings. The van der Waals surface area contributed by atoms with E-state index in [-0.39, 0.29) is 0 Å². The summed E-state index contributed by atoms with van der Waals surface area (Å²) in [6.07, 6.45) is 9.06. The molecular weight excluding hydrogens is 755 g/mol. The van der Waals surface area contributed by atoms with E-state index in [1.54, 1.807) is 0 Å². The molecule has 292 valence electrons. The SMILES string of the molecule is C1=CC(n2c3ccccc3c3c(-c4cccc(-n5c6ccccc6c6ccc(-c7cccc(-c8nc(-c9ccccc9)nc(-c9ccccc9)n8)c7)cc65)c4)cccc32)=CCC1. The fourth-order valence-electron chi connectivity index (χ4n) is 9.32. The molecule has 0 N–H and O–H groups in total. The molecule has 62 heavy (non-hydrogen) atoms. The van der Waals surface area contributed by atoms with Gasteiger partial charge in [0.25, 0.3) is 0 Å². The molecule has 3 aromatic heterocycles. The Morgan fingerprint density at radius 2 is 0.919 bits per heavy atom. The van der Waals surface area contributed by atoms with E-state index in [1.165, 1.54) is 54.9 Å². The van der Waals surface area contributed by atoms with E-state index in [2.05, 4.69) is 161 Å². The Morgan fingerprint density at radius 3 is 1.66 bits per heavy atom. The lowest BCUT2D eigenvalue weighted by atomic mass is 9.99. The molecule has 0 unspecified atom stereocenters. The molecule has 5 nitrogen and oxygen atoms in total. The number of rotatable bonds is 7. The molecule has 8 aromatic carbocycles. The van der Waals surface area contributed by atoms with Crippen LogP contribution in [-0.2, 0) is 0 Å². The number of benzene rings is 8. The largest absolute Gasteiger partial charge is 0.310 e. The molecule has 0 bridgehead atoms. The summed E-state index contributed by atoms with van der Waals surface area (Å²) in [6, 6.07) is 69.0. The summed E-state index contributed by atoms with van der Waals surface area (Å²) in [5, 5.41) is 4.97. The van der Waals surface area contributed by atoms with Crippen LogP contribution in [0.3, 0.4) is 0 Å². The van der Waals surface area contributed by atoms with Crippen LogP contribution in [0.15, 0.2) is 212 Å². The number of allylic oxidation sites excluding steroid dienone is 4. The molecule has 0 aliphatic heterocycles. The Bertz CT molecular complexity index is 3520. The number of para-hydroxylation sites is 2. The first kappa shape index (κ1) is 35.8. The van der Waals surface area contributed by atoms with Gasteiger partial charge >= 0.3 is 0 Å². The van der Waals surface area contributed by atoms with Crippen LogP contribution in [0.25, 0.3) is 111 Å². The molecule has 5 heteroatoms. The fraction of sp³-hybridized carbons (Fsp3) is 0.0351. The number of hydrogen-bond donors (Lipinski definition) is 0. The van der Waals surface area contributed by atoms with Crippen LogP contribution in [0, 0.1) is 0 Å². The monoisotopic (exact) mass is 793 g/mol. The number of hydrogen-bond acceptors (Lipinski definition) is 3. The second kappa shape index (κ2) is 14.8. The van der Waals surface area contributed by atoms with Gasteiger partial charge in [-0.15, -0.1) is 0 Å². The molecular formula is C57H39N5. The second-order valence-corrected chi connectivity index (χ2v) is 15.9. The quantitative estimate of drug-likeness (QED) is 0.161. The van der Waals surface area contributed by atoms with Crippen LogP contribution in [0.4, 0.5) is 0 Å². The molecule has 0 radical (unpaired) electrons. The zero-order chi connectivity index (χ0) is 41.0. The number of aromatic nitrogens is 5. The highest BCUT2D eigenvalue weighted by atomic mass is 15.0. The summed E-state index contributed by atoms with van der Waals surface area (Å²) in [5.41, 5.74) is 14.6. The molecule has 1 aliphatic carbocycles. The van der Waals surface area contributed by atoms with Crippen molar-refractivity contribution in [1.29, 1.82) is 0 Å². The van der Waals surface area contributed by atoms with Gasteiger partial charge < -0.3 is 9.13 Å². The highest BCUT2D eigenvalue weighted by Crippen LogP contribution is 2.41. The van der Waals surface area contributed by atoms with Crippen LogP contribution in [-0.4, -0.2) is 24.1 Å². The summed E-state index contributed by atoms with van der Waals surface area (Å²) in [6.45, 7) is 0. The average molecular weight is 794 g/mol. The van der Waals surface area contributed by atoms with Crippen molar-refractivity contribution >= 4 is 49.3 Å². The third-order valence-corrected chi connectivity index (χ3v) is 12.2. The second-order valence-electron chi connectivity index (χ2n) is 15.9. The number of nitrogens with zero attached hydrogens (tertiary/aromatic N) is 5. The first-order valence-electron chi connectivity index (χ1n) is 21.3. The summed E-state index contributed by atoms with van der Waals surface area (Å²) >= 11 is 0. The Balaban J connectivity index is 0.994. The highest BCUT2D eigenvalue weighted by Gasteiger charge is 2.19. The summed E-state index contributed by atoms with van der Waals surface area (Å²) < 4.78 is 4.86. The van der Waals surface area contributed by atoms with Gasteiger partial charge in [0.15, 0.2) is 17.5 Å². The minimum Gasteiger partial charge on any atom is -0.310 e. The lowest BCUT2D eigenvalue weighted by Gasteiger charge is -2.13. The molecule has 0 atom stereocenters. The standard InChI is InChI=1S/C57H39N5/c1-4-17-38(18-5-1)55-58-56(39-19-6-2-7-20-39)60-57(59-55)43-23-14-21-40(35-43)41-33-34-48-47-27-10-12-30-50(47)62(53(48)37-41)45-26-15-22-42(36-45)46-29-16-32-52-54(46)49-28-11-13-31-51(49)61(52)44-24-8-3-9-25-44/h1-2,4-8,10-37H,3,9H2. The van der Waals surface area contributed by atoms with Gasteiger partial charge in [-0.25, -0.2) is 15.0 Å². The zero-order valence-corrected chi connectivity index (χ0v) is 33.9. The maximum Gasteiger partial charge on any atom is 0.164 e. The molecule has 0 saturated heterocycles. The van der Waals surface area contributed by atoms with Crippen LogP contribution >= 0.6 is 0 Å². The van der Waals surface area contributed by atoms with Gasteiger partial charge in [-0.05, 0) is 83.6 Å². The lowest BCUT2D eigenvalue weighted by molar-refractivity contribution is 1.02. The van der Waals surface area contributed by atoms with Crippen LogP contribution in [0.2, 0.25) is 0 Å². The lowest BCUT2D eigenvalue weighted by Crippen LogP contribution is -2.00. The molecule has 0 saturated carbocycles. The van der Waals surface area contributed by atoms with Crippen LogP contribution in [0.1, 0.15) is 12.8 Å². The molecule has 12 rings (SSSR count). The maximum absolute atomic E-state index is 5.03. The van der Waals surface area contributed by atoms with Crippen molar-refractivity contribution < 1.29 is 0 Å². The predicted molar refractivity (Wildman–Crippen MR) is 257 cm³/mol. The van der Waals surface area contributed by atoms with E-state index in [0.29, 0.717) is 17.5 Å². The Labute approximate surface area is 359 Å². The van der Waals surface area contributed by atoms with Crippen molar-refractivity contribution in [3.05, 3.63) is 212 Å². The van der Waals surface area contributed by atoms with Gasteiger partial charge in [-0.3, -0.25) is 0 Å². The normalized spacial score (nSPS) is 12.7. The number of fused-ring (bicyclic) bond motifs is 6. The van der Waals surface area contributed by atoms with E-state index in [4.69, 9.17) is 15.0 Å². The molecule has 0 spiro atoms. The minimum absolute atomic E-state index is 0.636. The van der Waals surface area contributed by atoms with Crippen molar-refractivity contribution in [3.63, 3.8) is 0 Å². The highest BCUT2D eigenvalue weighted by molar-refractivity contribution is 6.17. The first-order chi connectivity index (χ1) is 30.7. The van der Waals surface area contributed by atoms with E-state index in [1.807, 2.05) is 60.7 Å². The molecule has 11 aromatic rings. The van der Waals surface area contributed by atoms with Gasteiger partial charge in [-0.1, -0.05) is 164 Å². The van der Waals surface area contributed by atoms with Crippen LogP contribution in [0.5, 0.6) is 0 Å². The van der Waals surface area contributed by atoms with Gasteiger partial charge in [-0.2, -0.15) is 0 Å². The van der Waals surface area contributed by atoms with Crippen molar-refractivity contribution in [3.8, 4) is 62.1 Å². The van der Waals surface area contributed by atoms with Gasteiger partial charge in [0.1, 0.15) is 0 Å². The Hall–Kier alpha value is -8.15. The van der Waals surface area contributed by atoms with E-state index in [0.717, 1.165) is 51.9 Å². The Kier molecular flexibility index (Phi) is 8.56. The van der Waals surface area contributed by atoms with Gasteiger partial charge in [0.05, 0.1) is 22.1 Å². The predicted octanol–water partition coefficient (Wildman–Crippen LogP) is 14.6. The van der Waals surface area contributed by atoms with Crippen LogP contribution < -0.4 is 0 Å².